The SMILES string of the molecule is CCCCn1c(C)nc2cccnc2c1=O. The van der Waals surface area contributed by atoms with Gasteiger partial charge >= 0.3 is 0 Å². The van der Waals surface area contributed by atoms with Gasteiger partial charge in [-0.15, -0.1) is 0 Å². The molecule has 0 atom stereocenters. The summed E-state index contributed by atoms with van der Waals surface area (Å²) in [6.07, 6.45) is 3.68. The van der Waals surface area contributed by atoms with Crippen molar-refractivity contribution in [1.29, 1.82) is 0 Å². The first-order valence-corrected chi connectivity index (χ1v) is 5.56. The second-order valence-electron chi connectivity index (χ2n) is 3.84. The molecule has 0 amide bonds. The lowest BCUT2D eigenvalue weighted by atomic mass is 10.3. The molecule has 0 radical (unpaired) electrons. The van der Waals surface area contributed by atoms with E-state index in [1.807, 2.05) is 13.0 Å². The Balaban J connectivity index is 2.61. The molecule has 16 heavy (non-hydrogen) atoms. The third kappa shape index (κ3) is 1.83. The molecule has 4 nitrogen and oxygen atoms in total. The molecule has 2 aromatic rings. The molecule has 0 fully saturated rings. The number of unbranched alkanes of at least 4 members (excludes halogenated alkanes) is 1. The monoisotopic (exact) mass is 217 g/mol. The molecule has 0 unspecified atom stereocenters. The molecule has 0 saturated carbocycles. The fourth-order valence-electron chi connectivity index (χ4n) is 1.74. The Hall–Kier alpha value is -1.71. The van der Waals surface area contributed by atoms with E-state index in [9.17, 15) is 4.79 Å². The van der Waals surface area contributed by atoms with Crippen LogP contribution in [0.3, 0.4) is 0 Å². The summed E-state index contributed by atoms with van der Waals surface area (Å²) in [4.78, 5) is 20.6. The van der Waals surface area contributed by atoms with Gasteiger partial charge in [0.25, 0.3) is 5.56 Å². The summed E-state index contributed by atoms with van der Waals surface area (Å²) < 4.78 is 1.71. The van der Waals surface area contributed by atoms with Crippen molar-refractivity contribution < 1.29 is 0 Å². The van der Waals surface area contributed by atoms with Crippen molar-refractivity contribution in [2.45, 2.75) is 33.2 Å². The highest BCUT2D eigenvalue weighted by molar-refractivity contribution is 5.72. The van der Waals surface area contributed by atoms with Gasteiger partial charge in [-0.25, -0.2) is 9.97 Å². The molecule has 84 valence electrons. The van der Waals surface area contributed by atoms with Crippen molar-refractivity contribution in [2.24, 2.45) is 0 Å². The van der Waals surface area contributed by atoms with Crippen molar-refractivity contribution >= 4 is 11.0 Å². The third-order valence-electron chi connectivity index (χ3n) is 2.64. The smallest absolute Gasteiger partial charge is 0.280 e. The molecule has 0 N–H and O–H groups in total. The Labute approximate surface area is 94.0 Å². The molecule has 2 heterocycles. The van der Waals surface area contributed by atoms with Gasteiger partial charge in [0, 0.05) is 12.7 Å². The molecule has 0 spiro atoms. The van der Waals surface area contributed by atoms with E-state index in [2.05, 4.69) is 16.9 Å². The number of pyridine rings is 1. The van der Waals surface area contributed by atoms with Crippen LogP contribution >= 0.6 is 0 Å². The van der Waals surface area contributed by atoms with Crippen LogP contribution in [0.15, 0.2) is 23.1 Å². The van der Waals surface area contributed by atoms with Gasteiger partial charge in [0.2, 0.25) is 0 Å². The van der Waals surface area contributed by atoms with E-state index in [0.29, 0.717) is 11.0 Å². The predicted molar refractivity (Wildman–Crippen MR) is 63.4 cm³/mol. The second kappa shape index (κ2) is 4.43. The molecule has 0 aromatic carbocycles. The van der Waals surface area contributed by atoms with E-state index < -0.39 is 0 Å². The molecule has 2 aromatic heterocycles. The van der Waals surface area contributed by atoms with Crippen LogP contribution in [0.2, 0.25) is 0 Å². The van der Waals surface area contributed by atoms with Gasteiger partial charge in [-0.1, -0.05) is 13.3 Å². The number of hydrogen-bond acceptors (Lipinski definition) is 3. The maximum atomic E-state index is 12.1. The number of fused-ring (bicyclic) bond motifs is 1. The summed E-state index contributed by atoms with van der Waals surface area (Å²) in [6, 6.07) is 3.62. The van der Waals surface area contributed by atoms with Crippen molar-refractivity contribution in [1.82, 2.24) is 14.5 Å². The summed E-state index contributed by atoms with van der Waals surface area (Å²) in [5, 5.41) is 0. The van der Waals surface area contributed by atoms with Crippen LogP contribution in [0.5, 0.6) is 0 Å². The lowest BCUT2D eigenvalue weighted by Crippen LogP contribution is -2.24. The number of rotatable bonds is 3. The van der Waals surface area contributed by atoms with Gasteiger partial charge in [-0.2, -0.15) is 0 Å². The fourth-order valence-corrected chi connectivity index (χ4v) is 1.74. The highest BCUT2D eigenvalue weighted by atomic mass is 16.1. The Morgan fingerprint density at radius 1 is 1.44 bits per heavy atom. The standard InChI is InChI=1S/C12H15N3O/c1-3-4-8-15-9(2)14-10-6-5-7-13-11(10)12(15)16/h5-7H,3-4,8H2,1-2H3. The van der Waals surface area contributed by atoms with Crippen LogP contribution in [-0.4, -0.2) is 14.5 Å². The Morgan fingerprint density at radius 3 is 3.00 bits per heavy atom. The average molecular weight is 217 g/mol. The van der Waals surface area contributed by atoms with E-state index in [0.717, 1.165) is 25.2 Å². The minimum Gasteiger partial charge on any atom is -0.295 e. The summed E-state index contributed by atoms with van der Waals surface area (Å²) in [6.45, 7) is 4.69. The highest BCUT2D eigenvalue weighted by Crippen LogP contribution is 2.05. The molecular weight excluding hydrogens is 202 g/mol. The Morgan fingerprint density at radius 2 is 2.25 bits per heavy atom. The zero-order chi connectivity index (χ0) is 11.5. The zero-order valence-corrected chi connectivity index (χ0v) is 9.60. The summed E-state index contributed by atoms with van der Waals surface area (Å²) in [5.74, 6) is 0.763. The first-order valence-electron chi connectivity index (χ1n) is 5.56. The van der Waals surface area contributed by atoms with Gasteiger partial charge in [-0.05, 0) is 25.5 Å². The lowest BCUT2D eigenvalue weighted by molar-refractivity contribution is 0.590. The van der Waals surface area contributed by atoms with Gasteiger partial charge in [0.05, 0.1) is 5.52 Å². The highest BCUT2D eigenvalue weighted by Gasteiger charge is 2.07. The van der Waals surface area contributed by atoms with Crippen LogP contribution in [0, 0.1) is 6.92 Å². The van der Waals surface area contributed by atoms with Crippen molar-refractivity contribution in [3.8, 4) is 0 Å². The molecule has 4 heteroatoms. The number of aryl methyl sites for hydroxylation is 1. The summed E-state index contributed by atoms with van der Waals surface area (Å²) in [5.41, 5.74) is 1.11. The van der Waals surface area contributed by atoms with Gasteiger partial charge in [0.15, 0.2) is 5.52 Å². The fraction of sp³-hybridized carbons (Fsp3) is 0.417. The summed E-state index contributed by atoms with van der Waals surface area (Å²) in [7, 11) is 0. The van der Waals surface area contributed by atoms with Gasteiger partial charge in [-0.3, -0.25) is 9.36 Å². The molecule has 0 aliphatic rings. The Kier molecular flexibility index (Phi) is 2.99. The lowest BCUT2D eigenvalue weighted by Gasteiger charge is -2.09. The van der Waals surface area contributed by atoms with Crippen LogP contribution < -0.4 is 5.56 Å². The number of aromatic nitrogens is 3. The van der Waals surface area contributed by atoms with E-state index >= 15 is 0 Å². The third-order valence-corrected chi connectivity index (χ3v) is 2.64. The summed E-state index contributed by atoms with van der Waals surface area (Å²) >= 11 is 0. The topological polar surface area (TPSA) is 47.8 Å². The number of hydrogen-bond donors (Lipinski definition) is 0. The minimum atomic E-state index is -0.0310. The first kappa shape index (κ1) is 10.8. The largest absolute Gasteiger partial charge is 0.295 e. The van der Waals surface area contributed by atoms with Crippen LogP contribution in [0.4, 0.5) is 0 Å². The van der Waals surface area contributed by atoms with Crippen molar-refractivity contribution in [3.63, 3.8) is 0 Å². The van der Waals surface area contributed by atoms with Crippen molar-refractivity contribution in [2.75, 3.05) is 0 Å². The van der Waals surface area contributed by atoms with Crippen LogP contribution in [0.25, 0.3) is 11.0 Å². The molecule has 2 rings (SSSR count). The van der Waals surface area contributed by atoms with E-state index in [1.165, 1.54) is 0 Å². The quantitative estimate of drug-likeness (QED) is 0.789. The van der Waals surface area contributed by atoms with Gasteiger partial charge in [0.1, 0.15) is 5.82 Å². The minimum absolute atomic E-state index is 0.0310. The zero-order valence-electron chi connectivity index (χ0n) is 9.60. The first-order chi connectivity index (χ1) is 7.74. The van der Waals surface area contributed by atoms with Crippen molar-refractivity contribution in [3.05, 3.63) is 34.5 Å². The Bertz CT molecular complexity index is 560. The normalized spacial score (nSPS) is 10.9. The molecule has 0 saturated heterocycles. The maximum Gasteiger partial charge on any atom is 0.280 e. The maximum absolute atomic E-state index is 12.1. The molecule has 0 bridgehead atoms. The van der Waals surface area contributed by atoms with Crippen LogP contribution in [0.1, 0.15) is 25.6 Å². The average Bonchev–Trinajstić information content (AvgIpc) is 2.29. The van der Waals surface area contributed by atoms with E-state index in [-0.39, 0.29) is 5.56 Å². The molecular formula is C12H15N3O. The second-order valence-corrected chi connectivity index (χ2v) is 3.84. The van der Waals surface area contributed by atoms with E-state index in [1.54, 1.807) is 16.8 Å². The van der Waals surface area contributed by atoms with Gasteiger partial charge < -0.3 is 0 Å². The predicted octanol–water partition coefficient (Wildman–Crippen LogP) is 1.90. The van der Waals surface area contributed by atoms with E-state index in [4.69, 9.17) is 0 Å². The molecule has 0 aliphatic heterocycles. The van der Waals surface area contributed by atoms with Crippen LogP contribution in [-0.2, 0) is 6.54 Å². The number of nitrogens with zero attached hydrogens (tertiary/aromatic N) is 3. The molecule has 0 aliphatic carbocycles.